The number of esters is 1. The van der Waals surface area contributed by atoms with Crippen molar-refractivity contribution in [2.24, 2.45) is 4.99 Å². The Morgan fingerprint density at radius 1 is 1.12 bits per heavy atom. The molecule has 9 heteroatoms. The Balaban J connectivity index is 1.75. The van der Waals surface area contributed by atoms with Gasteiger partial charge in [0.15, 0.2) is 5.60 Å². The van der Waals surface area contributed by atoms with Crippen molar-refractivity contribution in [1.82, 2.24) is 4.98 Å². The average Bonchev–Trinajstić information content (AvgIpc) is 3.14. The Morgan fingerprint density at radius 2 is 1.79 bits per heavy atom. The molecule has 0 N–H and O–H groups in total. The molecule has 0 aliphatic heterocycles. The molecule has 180 valence electrons. The van der Waals surface area contributed by atoms with Gasteiger partial charge in [0, 0.05) is 11.8 Å². The molecule has 0 fully saturated rings. The molecule has 0 saturated heterocycles. The summed E-state index contributed by atoms with van der Waals surface area (Å²) in [5.74, 6) is 0.123. The van der Waals surface area contributed by atoms with Crippen LogP contribution in [0.3, 0.4) is 0 Å². The van der Waals surface area contributed by atoms with Crippen LogP contribution in [0.15, 0.2) is 47.5 Å². The van der Waals surface area contributed by atoms with Crippen molar-refractivity contribution in [3.8, 4) is 16.3 Å². The molecule has 0 aliphatic rings. The number of rotatable bonds is 7. The predicted octanol–water partition coefficient (Wildman–Crippen LogP) is 6.92. The van der Waals surface area contributed by atoms with Gasteiger partial charge in [-0.25, -0.2) is 14.8 Å². The van der Waals surface area contributed by atoms with Crippen molar-refractivity contribution in [2.75, 3.05) is 6.61 Å². The summed E-state index contributed by atoms with van der Waals surface area (Å²) in [6.45, 7) is 8.99. The number of carbonyl (C=O) groups is 1. The van der Waals surface area contributed by atoms with Gasteiger partial charge in [0.2, 0.25) is 0 Å². The summed E-state index contributed by atoms with van der Waals surface area (Å²) in [6.07, 6.45) is -2.69. The normalized spacial score (nSPS) is 12.2. The second-order valence-corrected chi connectivity index (χ2v) is 9.08. The Kier molecular flexibility index (Phi) is 7.45. The minimum absolute atomic E-state index is 0.275. The van der Waals surface area contributed by atoms with E-state index in [0.717, 1.165) is 23.3 Å². The highest BCUT2D eigenvalue weighted by Gasteiger charge is 2.32. The highest BCUT2D eigenvalue weighted by Crippen LogP contribution is 2.36. The molecule has 1 heterocycles. The van der Waals surface area contributed by atoms with Crippen LogP contribution < -0.4 is 4.74 Å². The fourth-order valence-electron chi connectivity index (χ4n) is 3.06. The summed E-state index contributed by atoms with van der Waals surface area (Å²) in [4.78, 5) is 21.0. The number of alkyl halides is 3. The molecule has 0 unspecified atom stereocenters. The number of halogens is 3. The molecule has 0 radical (unpaired) electrons. The summed E-state index contributed by atoms with van der Waals surface area (Å²) in [6, 6.07) is 10.4. The molecule has 5 nitrogen and oxygen atoms in total. The minimum Gasteiger partial charge on any atom is -0.476 e. The van der Waals surface area contributed by atoms with Crippen molar-refractivity contribution >= 4 is 28.5 Å². The maximum Gasteiger partial charge on any atom is 0.416 e. The summed E-state index contributed by atoms with van der Waals surface area (Å²) in [7, 11) is 0. The number of hydrogen-bond acceptors (Lipinski definition) is 6. The quantitative estimate of drug-likeness (QED) is 0.267. The third kappa shape index (κ3) is 6.02. The highest BCUT2D eigenvalue weighted by molar-refractivity contribution is 7.18. The maximum absolute atomic E-state index is 12.8. The minimum atomic E-state index is -4.37. The average molecular weight is 491 g/mol. The first kappa shape index (κ1) is 25.4. The van der Waals surface area contributed by atoms with E-state index in [1.54, 1.807) is 40.0 Å². The van der Waals surface area contributed by atoms with Crippen LogP contribution in [0, 0.1) is 13.8 Å². The Morgan fingerprint density at radius 3 is 2.38 bits per heavy atom. The number of aliphatic imine (C=N–C) groups is 1. The molecule has 0 spiro atoms. The molecule has 1 aromatic heterocycles. The zero-order valence-corrected chi connectivity index (χ0v) is 20.3. The van der Waals surface area contributed by atoms with Crippen molar-refractivity contribution in [3.05, 3.63) is 64.8 Å². The van der Waals surface area contributed by atoms with Crippen molar-refractivity contribution in [1.29, 1.82) is 0 Å². The van der Waals surface area contributed by atoms with E-state index in [4.69, 9.17) is 9.47 Å². The first-order valence-electron chi connectivity index (χ1n) is 10.6. The molecule has 2 aromatic carbocycles. The lowest BCUT2D eigenvalue weighted by atomic mass is 10.1. The first-order chi connectivity index (χ1) is 15.9. The molecule has 0 aliphatic carbocycles. The van der Waals surface area contributed by atoms with Gasteiger partial charge < -0.3 is 9.47 Å². The van der Waals surface area contributed by atoms with Crippen LogP contribution in [-0.4, -0.2) is 29.4 Å². The lowest BCUT2D eigenvalue weighted by Gasteiger charge is -2.25. The molecular weight excluding hydrogens is 465 g/mol. The van der Waals surface area contributed by atoms with E-state index in [1.165, 1.54) is 23.5 Å². The van der Waals surface area contributed by atoms with Gasteiger partial charge in [-0.3, -0.25) is 0 Å². The molecular formula is C25H25F3N2O3S. The lowest BCUT2D eigenvalue weighted by Crippen LogP contribution is -2.39. The van der Waals surface area contributed by atoms with Gasteiger partial charge in [-0.15, -0.1) is 0 Å². The number of aromatic nitrogens is 1. The van der Waals surface area contributed by atoms with Crippen LogP contribution in [0.1, 0.15) is 43.2 Å². The van der Waals surface area contributed by atoms with Gasteiger partial charge in [-0.1, -0.05) is 23.5 Å². The van der Waals surface area contributed by atoms with E-state index < -0.39 is 23.3 Å². The van der Waals surface area contributed by atoms with Crippen molar-refractivity contribution < 1.29 is 27.4 Å². The second-order valence-electron chi connectivity index (χ2n) is 8.10. The lowest BCUT2D eigenvalue weighted by molar-refractivity contribution is -0.158. The molecule has 0 saturated carbocycles. The number of thiazole rings is 1. The highest BCUT2D eigenvalue weighted by atomic mass is 32.1. The van der Waals surface area contributed by atoms with Crippen LogP contribution in [0.5, 0.6) is 5.75 Å². The Bertz CT molecular complexity index is 1200. The van der Waals surface area contributed by atoms with Crippen molar-refractivity contribution in [3.63, 3.8) is 0 Å². The van der Waals surface area contributed by atoms with E-state index in [0.29, 0.717) is 27.0 Å². The maximum atomic E-state index is 12.8. The summed E-state index contributed by atoms with van der Waals surface area (Å²) in [5, 5.41) is 1.26. The van der Waals surface area contributed by atoms with E-state index in [-0.39, 0.29) is 6.61 Å². The summed E-state index contributed by atoms with van der Waals surface area (Å²) >= 11 is 1.30. The summed E-state index contributed by atoms with van der Waals surface area (Å²) < 4.78 is 49.3. The van der Waals surface area contributed by atoms with E-state index in [9.17, 15) is 18.0 Å². The van der Waals surface area contributed by atoms with Crippen LogP contribution in [-0.2, 0) is 15.7 Å². The molecule has 0 amide bonds. The van der Waals surface area contributed by atoms with Gasteiger partial charge in [-0.05, 0) is 76.1 Å². The largest absolute Gasteiger partial charge is 0.476 e. The fraction of sp³-hybridized carbons (Fsp3) is 0.320. The van der Waals surface area contributed by atoms with Crippen LogP contribution in [0.25, 0.3) is 10.6 Å². The molecule has 34 heavy (non-hydrogen) atoms. The van der Waals surface area contributed by atoms with E-state index in [1.807, 2.05) is 19.1 Å². The van der Waals surface area contributed by atoms with Gasteiger partial charge in [0.05, 0.1) is 17.9 Å². The summed E-state index contributed by atoms with van der Waals surface area (Å²) in [5.41, 5.74) is 1.12. The zero-order chi connectivity index (χ0) is 25.1. The van der Waals surface area contributed by atoms with E-state index in [2.05, 4.69) is 9.98 Å². The number of carbonyl (C=O) groups excluding carboxylic acids is 1. The van der Waals surface area contributed by atoms with Gasteiger partial charge in [0.25, 0.3) is 0 Å². The van der Waals surface area contributed by atoms with Crippen LogP contribution in [0.4, 0.5) is 18.2 Å². The van der Waals surface area contributed by atoms with Gasteiger partial charge in [0.1, 0.15) is 15.8 Å². The predicted molar refractivity (Wildman–Crippen MR) is 127 cm³/mol. The molecule has 3 rings (SSSR count). The first-order valence-corrected chi connectivity index (χ1v) is 11.4. The SMILES string of the molecule is CCOC(=O)C(C)(C)Oc1ccc(/C=N/c2sc(-c3ccc(C(F)(F)F)cc3)nc2C)cc1C. The number of hydrogen-bond donors (Lipinski definition) is 0. The number of benzene rings is 2. The fourth-order valence-corrected chi connectivity index (χ4v) is 3.97. The zero-order valence-electron chi connectivity index (χ0n) is 19.5. The molecule has 0 bridgehead atoms. The third-order valence-corrected chi connectivity index (χ3v) is 6.01. The van der Waals surface area contributed by atoms with Crippen molar-refractivity contribution in [2.45, 2.75) is 46.4 Å². The van der Waals surface area contributed by atoms with Crippen LogP contribution >= 0.6 is 11.3 Å². The molecule has 3 aromatic rings. The van der Waals surface area contributed by atoms with Gasteiger partial charge >= 0.3 is 12.1 Å². The monoisotopic (exact) mass is 490 g/mol. The smallest absolute Gasteiger partial charge is 0.416 e. The topological polar surface area (TPSA) is 60.8 Å². The second kappa shape index (κ2) is 9.97. The Hall–Kier alpha value is -3.20. The van der Waals surface area contributed by atoms with E-state index >= 15 is 0 Å². The Labute approximate surface area is 200 Å². The third-order valence-electron chi connectivity index (χ3n) is 4.89. The number of aryl methyl sites for hydroxylation is 2. The van der Waals surface area contributed by atoms with Gasteiger partial charge in [-0.2, -0.15) is 13.2 Å². The van der Waals surface area contributed by atoms with Crippen LogP contribution in [0.2, 0.25) is 0 Å². The molecule has 0 atom stereocenters. The number of ether oxygens (including phenoxy) is 2. The number of nitrogens with zero attached hydrogens (tertiary/aromatic N) is 2. The standard InChI is InChI=1S/C25H25F3N2O3S/c1-6-32-23(31)24(4,5)33-20-12-7-17(13-15(20)2)14-29-21-16(3)30-22(34-21)18-8-10-19(11-9-18)25(26,27)28/h7-14H,6H2,1-5H3/b29-14+.